The van der Waals surface area contributed by atoms with Gasteiger partial charge in [0.25, 0.3) is 5.91 Å². The summed E-state index contributed by atoms with van der Waals surface area (Å²) in [6, 6.07) is 4.26. The number of H-pyrrole nitrogens is 1. The second-order valence-corrected chi connectivity index (χ2v) is 10.4. The fourth-order valence-corrected chi connectivity index (χ4v) is 6.19. The third kappa shape index (κ3) is 5.55. The Labute approximate surface area is 218 Å². The van der Waals surface area contributed by atoms with Crippen LogP contribution >= 0.6 is 23.5 Å². The van der Waals surface area contributed by atoms with Crippen LogP contribution in [0.2, 0.25) is 0 Å². The molecule has 4 rings (SSSR count). The van der Waals surface area contributed by atoms with Gasteiger partial charge in [-0.05, 0) is 40.6 Å². The minimum atomic E-state index is -1.23. The van der Waals surface area contributed by atoms with Gasteiger partial charge in [-0.2, -0.15) is 0 Å². The molecule has 0 bridgehead atoms. The lowest BCUT2D eigenvalue weighted by Crippen LogP contribution is -2.71. The monoisotopic (exact) mass is 549 g/mol. The van der Waals surface area contributed by atoms with E-state index in [9.17, 15) is 24.3 Å². The standard InChI is InChI=1S/C21H23N7O7S2/c1-9(37-21-24-26-27-25-21)12-8-36-19-15(18(31)28(19)16(12)20(32)33)23-17(30)14(22)10-3-5-11(6-4-10)35-7-13(29)34-2/h3-6,9,14-15,19H,7-8,22H2,1-2H3,(H,23,30)(H,32,33)(H,24,25,26,27)/t9?,14?,15?,19-/m0/s1. The van der Waals surface area contributed by atoms with Crippen LogP contribution in [-0.2, 0) is 23.9 Å². The van der Waals surface area contributed by atoms with Crippen molar-refractivity contribution in [1.82, 2.24) is 30.8 Å². The van der Waals surface area contributed by atoms with Crippen LogP contribution < -0.4 is 15.8 Å². The summed E-state index contributed by atoms with van der Waals surface area (Å²) in [7, 11) is 1.25. The van der Waals surface area contributed by atoms with Crippen molar-refractivity contribution in [3.8, 4) is 5.75 Å². The Bertz CT molecular complexity index is 1220. The Kier molecular flexibility index (Phi) is 7.99. The van der Waals surface area contributed by atoms with E-state index >= 15 is 0 Å². The Morgan fingerprint density at radius 1 is 1.35 bits per heavy atom. The topological polar surface area (TPSA) is 203 Å². The zero-order valence-corrected chi connectivity index (χ0v) is 21.2. The van der Waals surface area contributed by atoms with Gasteiger partial charge in [0.1, 0.15) is 28.9 Å². The average molecular weight is 550 g/mol. The van der Waals surface area contributed by atoms with Crippen molar-refractivity contribution >= 4 is 47.3 Å². The zero-order chi connectivity index (χ0) is 26.7. The Hall–Kier alpha value is -3.63. The molecule has 0 aliphatic carbocycles. The van der Waals surface area contributed by atoms with E-state index < -0.39 is 41.2 Å². The lowest BCUT2D eigenvalue weighted by atomic mass is 10.0. The maximum Gasteiger partial charge on any atom is 0.352 e. The van der Waals surface area contributed by atoms with Crippen molar-refractivity contribution in [2.45, 2.75) is 34.8 Å². The van der Waals surface area contributed by atoms with E-state index in [1.165, 1.54) is 35.5 Å². The number of benzene rings is 1. The molecule has 3 heterocycles. The summed E-state index contributed by atoms with van der Waals surface area (Å²) in [5, 5.41) is 25.5. The number of methoxy groups -OCH3 is 1. The molecule has 5 N–H and O–H groups in total. The van der Waals surface area contributed by atoms with E-state index in [0.29, 0.717) is 27.8 Å². The second-order valence-electron chi connectivity index (χ2n) is 7.95. The van der Waals surface area contributed by atoms with Crippen molar-refractivity contribution in [2.75, 3.05) is 19.5 Å². The van der Waals surface area contributed by atoms with E-state index in [1.54, 1.807) is 31.2 Å². The maximum atomic E-state index is 12.9. The normalized spacial score (nSPS) is 20.4. The highest BCUT2D eigenvalue weighted by Gasteiger charge is 2.54. The van der Waals surface area contributed by atoms with E-state index in [4.69, 9.17) is 10.5 Å². The number of hydrogen-bond acceptors (Lipinski definition) is 12. The van der Waals surface area contributed by atoms with E-state index in [0.717, 1.165) is 0 Å². The smallest absolute Gasteiger partial charge is 0.352 e. The molecule has 196 valence electrons. The summed E-state index contributed by atoms with van der Waals surface area (Å²) in [5.41, 5.74) is 7.01. The van der Waals surface area contributed by atoms with Gasteiger partial charge >= 0.3 is 11.9 Å². The lowest BCUT2D eigenvalue weighted by Gasteiger charge is -2.50. The zero-order valence-electron chi connectivity index (χ0n) is 19.6. The van der Waals surface area contributed by atoms with Gasteiger partial charge in [0, 0.05) is 11.0 Å². The first-order valence-corrected chi connectivity index (χ1v) is 12.8. The van der Waals surface area contributed by atoms with E-state index in [1.807, 2.05) is 0 Å². The summed E-state index contributed by atoms with van der Waals surface area (Å²) >= 11 is 2.60. The minimum absolute atomic E-state index is 0.0986. The number of carboxylic acid groups (broad SMARTS) is 1. The summed E-state index contributed by atoms with van der Waals surface area (Å²) in [4.78, 5) is 50.2. The van der Waals surface area contributed by atoms with Gasteiger partial charge in [-0.15, -0.1) is 16.9 Å². The average Bonchev–Trinajstić information content (AvgIpc) is 3.41. The van der Waals surface area contributed by atoms with Crippen LogP contribution in [0.5, 0.6) is 5.75 Å². The maximum absolute atomic E-state index is 12.9. The molecule has 2 aromatic rings. The molecular formula is C21H23N7O7S2. The van der Waals surface area contributed by atoms with Crippen molar-refractivity contribution in [1.29, 1.82) is 0 Å². The summed E-state index contributed by atoms with van der Waals surface area (Å²) in [6.45, 7) is 1.55. The van der Waals surface area contributed by atoms with E-state index in [2.05, 4.69) is 30.7 Å². The molecule has 0 radical (unpaired) electrons. The number of nitrogens with zero attached hydrogens (tertiary/aromatic N) is 4. The molecule has 37 heavy (non-hydrogen) atoms. The number of esters is 1. The number of ether oxygens (including phenoxy) is 2. The van der Waals surface area contributed by atoms with Gasteiger partial charge in [-0.3, -0.25) is 14.5 Å². The Morgan fingerprint density at radius 3 is 2.70 bits per heavy atom. The predicted octanol–water partition coefficient (Wildman–Crippen LogP) is -0.329. The first kappa shape index (κ1) is 26.4. The quantitative estimate of drug-likeness (QED) is 0.171. The van der Waals surface area contributed by atoms with Crippen LogP contribution in [0.1, 0.15) is 18.5 Å². The number of carbonyl (C=O) groups is 4. The highest BCUT2D eigenvalue weighted by atomic mass is 32.2. The van der Waals surface area contributed by atoms with Crippen LogP contribution in [0.25, 0.3) is 0 Å². The number of amides is 2. The van der Waals surface area contributed by atoms with Crippen molar-refractivity contribution in [3.05, 3.63) is 41.1 Å². The summed E-state index contributed by atoms with van der Waals surface area (Å²) in [5.74, 6) is -2.15. The third-order valence-corrected chi connectivity index (χ3v) is 8.05. The number of hydrogen-bond donors (Lipinski definition) is 4. The molecule has 1 saturated heterocycles. The van der Waals surface area contributed by atoms with E-state index in [-0.39, 0.29) is 17.6 Å². The van der Waals surface area contributed by atoms with Crippen LogP contribution in [0, 0.1) is 0 Å². The first-order chi connectivity index (χ1) is 17.7. The third-order valence-electron chi connectivity index (χ3n) is 5.71. The molecule has 3 unspecified atom stereocenters. The van der Waals surface area contributed by atoms with Crippen molar-refractivity contribution < 1.29 is 33.8 Å². The molecule has 2 amide bonds. The number of thioether (sulfide) groups is 2. The molecule has 1 fully saturated rings. The Balaban J connectivity index is 1.40. The summed E-state index contributed by atoms with van der Waals surface area (Å²) < 4.78 is 9.78. The van der Waals surface area contributed by atoms with Gasteiger partial charge in [0.2, 0.25) is 11.1 Å². The molecule has 2 aliphatic rings. The number of nitrogens with two attached hydrogens (primary N) is 1. The van der Waals surface area contributed by atoms with Crippen LogP contribution in [0.15, 0.2) is 40.7 Å². The Morgan fingerprint density at radius 2 is 2.08 bits per heavy atom. The SMILES string of the molecule is COC(=O)COc1ccc(C(N)C(=O)NC2C(=O)N3C(C(=O)O)=C(C(C)Sc4nnn[nH]4)CS[C@@H]23)cc1. The van der Waals surface area contributed by atoms with Crippen LogP contribution in [0.4, 0.5) is 0 Å². The highest BCUT2D eigenvalue weighted by molar-refractivity contribution is 8.01. The van der Waals surface area contributed by atoms with Crippen LogP contribution in [-0.4, -0.2) is 90.5 Å². The number of β-lactam (4-membered cyclic amide) rings is 1. The number of carboxylic acids is 1. The second kappa shape index (κ2) is 11.2. The number of rotatable bonds is 10. The molecule has 16 heteroatoms. The van der Waals surface area contributed by atoms with Gasteiger partial charge in [0.15, 0.2) is 6.61 Å². The molecule has 1 aromatic heterocycles. The molecule has 4 atom stereocenters. The predicted molar refractivity (Wildman–Crippen MR) is 130 cm³/mol. The van der Waals surface area contributed by atoms with Gasteiger partial charge in [-0.1, -0.05) is 23.9 Å². The van der Waals surface area contributed by atoms with Gasteiger partial charge in [0.05, 0.1) is 7.11 Å². The number of nitrogens with one attached hydrogen (secondary N) is 2. The number of aromatic amines is 1. The van der Waals surface area contributed by atoms with Gasteiger partial charge < -0.3 is 25.6 Å². The number of aromatic nitrogens is 4. The fourth-order valence-electron chi connectivity index (χ4n) is 3.76. The molecule has 1 aromatic carbocycles. The number of fused-ring (bicyclic) bond motifs is 1. The number of aliphatic carboxylic acids is 1. The van der Waals surface area contributed by atoms with Gasteiger partial charge in [-0.25, -0.2) is 14.7 Å². The fraction of sp³-hybridized carbons (Fsp3) is 0.381. The largest absolute Gasteiger partial charge is 0.482 e. The molecule has 0 saturated carbocycles. The van der Waals surface area contributed by atoms with Crippen LogP contribution in [0.3, 0.4) is 0 Å². The van der Waals surface area contributed by atoms with Crippen molar-refractivity contribution in [3.63, 3.8) is 0 Å². The lowest BCUT2D eigenvalue weighted by molar-refractivity contribution is -0.150. The minimum Gasteiger partial charge on any atom is -0.482 e. The molecular weight excluding hydrogens is 526 g/mol. The number of tetrazole rings is 1. The molecule has 14 nitrogen and oxygen atoms in total. The first-order valence-electron chi connectivity index (χ1n) is 10.9. The molecule has 2 aliphatic heterocycles. The number of carbonyl (C=O) groups excluding carboxylic acids is 3. The van der Waals surface area contributed by atoms with Crippen molar-refractivity contribution in [2.24, 2.45) is 5.73 Å². The summed E-state index contributed by atoms with van der Waals surface area (Å²) in [6.07, 6.45) is 0. The highest BCUT2D eigenvalue weighted by Crippen LogP contribution is 2.43. The molecule has 0 spiro atoms.